The van der Waals surface area contributed by atoms with Crippen molar-refractivity contribution < 1.29 is 9.53 Å². The largest absolute Gasteiger partial charge is 0.465 e. The fourth-order valence-corrected chi connectivity index (χ4v) is 2.17. The van der Waals surface area contributed by atoms with Gasteiger partial charge in [0.25, 0.3) is 0 Å². The molecule has 2 aromatic rings. The summed E-state index contributed by atoms with van der Waals surface area (Å²) in [5, 5.41) is 3.30. The van der Waals surface area contributed by atoms with Gasteiger partial charge in [-0.15, -0.1) is 0 Å². The number of para-hydroxylation sites is 1. The van der Waals surface area contributed by atoms with Gasteiger partial charge in [0.05, 0.1) is 24.0 Å². The van der Waals surface area contributed by atoms with E-state index >= 15 is 0 Å². The summed E-state index contributed by atoms with van der Waals surface area (Å²) in [6.07, 6.45) is 0. The van der Waals surface area contributed by atoms with E-state index in [1.54, 1.807) is 12.1 Å². The smallest absolute Gasteiger partial charge is 0.340 e. The second kappa shape index (κ2) is 6.79. The third-order valence-corrected chi connectivity index (χ3v) is 3.48. The Morgan fingerprint density at radius 1 is 1.19 bits per heavy atom. The van der Waals surface area contributed by atoms with E-state index in [2.05, 4.69) is 24.4 Å². The highest BCUT2D eigenvalue weighted by molar-refractivity contribution is 5.98. The molecule has 3 N–H and O–H groups in total. The highest BCUT2D eigenvalue weighted by Gasteiger charge is 2.13. The molecule has 1 unspecified atom stereocenters. The highest BCUT2D eigenvalue weighted by Crippen LogP contribution is 2.24. The van der Waals surface area contributed by atoms with Gasteiger partial charge >= 0.3 is 5.97 Å². The van der Waals surface area contributed by atoms with Crippen LogP contribution in [0.3, 0.4) is 0 Å². The summed E-state index contributed by atoms with van der Waals surface area (Å²) in [5.41, 5.74) is 8.83. The lowest BCUT2D eigenvalue weighted by molar-refractivity contribution is 0.0602. The maximum atomic E-state index is 11.6. The van der Waals surface area contributed by atoms with Crippen molar-refractivity contribution in [1.82, 2.24) is 0 Å². The molecule has 0 aromatic heterocycles. The zero-order chi connectivity index (χ0) is 15.2. The molecular formula is C17H20N2O2. The van der Waals surface area contributed by atoms with Crippen LogP contribution in [0.1, 0.15) is 28.8 Å². The first-order valence-corrected chi connectivity index (χ1v) is 6.89. The lowest BCUT2D eigenvalue weighted by atomic mass is 10.0. The number of esters is 1. The van der Waals surface area contributed by atoms with E-state index in [1.165, 1.54) is 12.7 Å². The van der Waals surface area contributed by atoms with Gasteiger partial charge in [0.15, 0.2) is 0 Å². The van der Waals surface area contributed by atoms with Crippen molar-refractivity contribution in [3.8, 4) is 0 Å². The summed E-state index contributed by atoms with van der Waals surface area (Å²) in [5.74, 6) is -0.0837. The molecule has 0 heterocycles. The minimum atomic E-state index is -0.424. The van der Waals surface area contributed by atoms with E-state index < -0.39 is 5.97 Å². The van der Waals surface area contributed by atoms with Crippen LogP contribution in [0.2, 0.25) is 0 Å². The number of rotatable bonds is 5. The summed E-state index contributed by atoms with van der Waals surface area (Å²) >= 11 is 0. The molecule has 21 heavy (non-hydrogen) atoms. The number of carbonyl (C=O) groups excluding carboxylic acids is 1. The normalized spacial score (nSPS) is 11.7. The third kappa shape index (κ3) is 3.54. The molecule has 0 bridgehead atoms. The summed E-state index contributed by atoms with van der Waals surface area (Å²) in [6, 6.07) is 15.6. The monoisotopic (exact) mass is 284 g/mol. The number of anilines is 2. The molecule has 0 fully saturated rings. The first-order chi connectivity index (χ1) is 10.1. The van der Waals surface area contributed by atoms with Crippen molar-refractivity contribution >= 4 is 17.3 Å². The van der Waals surface area contributed by atoms with Crippen LogP contribution in [0, 0.1) is 0 Å². The molecule has 4 heteroatoms. The van der Waals surface area contributed by atoms with Crippen LogP contribution in [-0.4, -0.2) is 19.6 Å². The molecule has 2 rings (SSSR count). The van der Waals surface area contributed by atoms with E-state index in [-0.39, 0.29) is 0 Å². The summed E-state index contributed by atoms with van der Waals surface area (Å²) < 4.78 is 4.72. The van der Waals surface area contributed by atoms with Gasteiger partial charge in [-0.3, -0.25) is 0 Å². The molecule has 4 nitrogen and oxygen atoms in total. The van der Waals surface area contributed by atoms with Gasteiger partial charge < -0.3 is 15.8 Å². The van der Waals surface area contributed by atoms with Crippen LogP contribution in [0.25, 0.3) is 0 Å². The van der Waals surface area contributed by atoms with Crippen molar-refractivity contribution in [2.45, 2.75) is 12.8 Å². The number of methoxy groups -OCH3 is 1. The van der Waals surface area contributed by atoms with Crippen LogP contribution in [-0.2, 0) is 4.74 Å². The van der Waals surface area contributed by atoms with Crippen molar-refractivity contribution in [2.75, 3.05) is 24.7 Å². The Hall–Kier alpha value is -2.49. The minimum Gasteiger partial charge on any atom is -0.465 e. The van der Waals surface area contributed by atoms with Gasteiger partial charge in [-0.1, -0.05) is 43.3 Å². The molecule has 0 aliphatic heterocycles. The zero-order valence-electron chi connectivity index (χ0n) is 12.3. The van der Waals surface area contributed by atoms with E-state index in [9.17, 15) is 4.79 Å². The van der Waals surface area contributed by atoms with Gasteiger partial charge in [-0.2, -0.15) is 0 Å². The Morgan fingerprint density at radius 2 is 1.90 bits per heavy atom. The summed E-state index contributed by atoms with van der Waals surface area (Å²) in [4.78, 5) is 11.6. The summed E-state index contributed by atoms with van der Waals surface area (Å²) in [7, 11) is 1.35. The number of hydrogen-bond donors (Lipinski definition) is 2. The Kier molecular flexibility index (Phi) is 4.82. The van der Waals surface area contributed by atoms with Crippen molar-refractivity contribution in [3.63, 3.8) is 0 Å². The number of ether oxygens (including phenoxy) is 1. The number of nitrogens with one attached hydrogen (secondary N) is 1. The first-order valence-electron chi connectivity index (χ1n) is 6.89. The second-order valence-corrected chi connectivity index (χ2v) is 4.95. The molecule has 0 saturated carbocycles. The molecule has 2 aromatic carbocycles. The van der Waals surface area contributed by atoms with Crippen molar-refractivity contribution in [1.29, 1.82) is 0 Å². The number of nitrogen functional groups attached to an aromatic ring is 1. The number of carbonyl (C=O) groups is 1. The molecular weight excluding hydrogens is 264 g/mol. The van der Waals surface area contributed by atoms with Gasteiger partial charge in [-0.05, 0) is 23.6 Å². The Morgan fingerprint density at radius 3 is 2.57 bits per heavy atom. The first kappa shape index (κ1) is 14.9. The lowest BCUT2D eigenvalue weighted by Gasteiger charge is -2.16. The second-order valence-electron chi connectivity index (χ2n) is 4.95. The predicted molar refractivity (Wildman–Crippen MR) is 85.5 cm³/mol. The topological polar surface area (TPSA) is 64.3 Å². The van der Waals surface area contributed by atoms with Gasteiger partial charge in [-0.25, -0.2) is 4.79 Å². The fourth-order valence-electron chi connectivity index (χ4n) is 2.17. The van der Waals surface area contributed by atoms with E-state index in [0.717, 1.165) is 12.2 Å². The van der Waals surface area contributed by atoms with Crippen LogP contribution >= 0.6 is 0 Å². The standard InChI is InChI=1S/C17H20N2O2/c1-12(13-7-4-3-5-8-13)11-19-15-10-6-9-14(16(15)18)17(20)21-2/h3-10,12,19H,11,18H2,1-2H3. The van der Waals surface area contributed by atoms with Crippen LogP contribution in [0.5, 0.6) is 0 Å². The minimum absolute atomic E-state index is 0.340. The van der Waals surface area contributed by atoms with Crippen molar-refractivity contribution in [3.05, 3.63) is 59.7 Å². The zero-order valence-corrected chi connectivity index (χ0v) is 12.3. The Balaban J connectivity index is 2.09. The lowest BCUT2D eigenvalue weighted by Crippen LogP contribution is -2.13. The number of benzene rings is 2. The third-order valence-electron chi connectivity index (χ3n) is 3.48. The number of hydrogen-bond acceptors (Lipinski definition) is 4. The van der Waals surface area contributed by atoms with E-state index in [1.807, 2.05) is 24.3 Å². The van der Waals surface area contributed by atoms with Crippen LogP contribution in [0.15, 0.2) is 48.5 Å². The van der Waals surface area contributed by atoms with E-state index in [4.69, 9.17) is 10.5 Å². The molecule has 0 amide bonds. The average molecular weight is 284 g/mol. The summed E-state index contributed by atoms with van der Waals surface area (Å²) in [6.45, 7) is 2.88. The fraction of sp³-hybridized carbons (Fsp3) is 0.235. The molecule has 1 atom stereocenters. The maximum Gasteiger partial charge on any atom is 0.340 e. The van der Waals surface area contributed by atoms with Gasteiger partial charge in [0.2, 0.25) is 0 Å². The van der Waals surface area contributed by atoms with E-state index in [0.29, 0.717) is 17.2 Å². The van der Waals surface area contributed by atoms with Crippen molar-refractivity contribution in [2.24, 2.45) is 0 Å². The molecule has 110 valence electrons. The number of nitrogens with two attached hydrogens (primary N) is 1. The Labute approximate surface area is 124 Å². The SMILES string of the molecule is COC(=O)c1cccc(NCC(C)c2ccccc2)c1N. The molecule has 0 aliphatic rings. The molecule has 0 aliphatic carbocycles. The van der Waals surface area contributed by atoms with Crippen LogP contribution in [0.4, 0.5) is 11.4 Å². The predicted octanol–water partition coefficient (Wildman–Crippen LogP) is 3.27. The molecule has 0 radical (unpaired) electrons. The highest BCUT2D eigenvalue weighted by atomic mass is 16.5. The van der Waals surface area contributed by atoms with Gasteiger partial charge in [0.1, 0.15) is 0 Å². The maximum absolute atomic E-state index is 11.6. The van der Waals surface area contributed by atoms with Gasteiger partial charge in [0, 0.05) is 6.54 Å². The quantitative estimate of drug-likeness (QED) is 0.653. The van der Waals surface area contributed by atoms with Crippen LogP contribution < -0.4 is 11.1 Å². The Bertz CT molecular complexity index is 611. The average Bonchev–Trinajstić information content (AvgIpc) is 2.53. The molecule has 0 saturated heterocycles. The molecule has 0 spiro atoms.